The molecule has 2 unspecified atom stereocenters. The molecule has 10 aromatic rings. The van der Waals surface area contributed by atoms with Crippen molar-refractivity contribution in [2.45, 2.75) is 82.2 Å². The average Bonchev–Trinajstić information content (AvgIpc) is 1.63. The van der Waals surface area contributed by atoms with E-state index >= 15 is 0 Å². The molecule has 2 N–H and O–H groups in total. The zero-order chi connectivity index (χ0) is 65.4. The van der Waals surface area contributed by atoms with Crippen molar-refractivity contribution in [1.82, 2.24) is 29.8 Å². The molecule has 14 rings (SSSR count). The molecule has 2 aliphatic carbocycles. The van der Waals surface area contributed by atoms with Crippen LogP contribution in [0.15, 0.2) is 170 Å². The molecule has 4 aliphatic rings. The van der Waals surface area contributed by atoms with Gasteiger partial charge in [0.05, 0.1) is 64.6 Å². The van der Waals surface area contributed by atoms with Gasteiger partial charge in [-0.2, -0.15) is 10.2 Å². The molecule has 2 atom stereocenters. The summed E-state index contributed by atoms with van der Waals surface area (Å²) in [6.07, 6.45) is 5.78. The third kappa shape index (κ3) is 14.2. The Bertz CT molecular complexity index is 4300. The first kappa shape index (κ1) is 64.9. The lowest BCUT2D eigenvalue weighted by atomic mass is 9.98. The number of hydrogen-bond donors (Lipinski definition) is 2. The van der Waals surface area contributed by atoms with E-state index in [1.807, 2.05) is 53.4 Å². The van der Waals surface area contributed by atoms with Crippen LogP contribution in [0.1, 0.15) is 131 Å². The number of carbonyl (C=O) groups excluding carboxylic acids is 3. The lowest BCUT2D eigenvalue weighted by Crippen LogP contribution is -2.32. The quantitative estimate of drug-likeness (QED) is 0.0879. The minimum absolute atomic E-state index is 0.0268. The predicted octanol–water partition coefficient (Wildman–Crippen LogP) is 16.9. The van der Waals surface area contributed by atoms with Crippen LogP contribution in [0.3, 0.4) is 0 Å². The normalized spacial score (nSPS) is 15.2. The first-order valence-electron chi connectivity index (χ1n) is 31.3. The van der Waals surface area contributed by atoms with Crippen LogP contribution in [0.5, 0.6) is 17.2 Å². The van der Waals surface area contributed by atoms with E-state index in [4.69, 9.17) is 57.1 Å². The van der Waals surface area contributed by atoms with Crippen LogP contribution in [0.4, 0.5) is 9.59 Å². The summed E-state index contributed by atoms with van der Waals surface area (Å²) in [6, 6.07) is 54.9. The summed E-state index contributed by atoms with van der Waals surface area (Å²) in [5.74, 6) is 0.465. The maximum atomic E-state index is 14.0. The number of nitrogens with one attached hydrogen (secondary N) is 1. The van der Waals surface area contributed by atoms with Gasteiger partial charge in [0.15, 0.2) is 0 Å². The molecule has 2 saturated heterocycles. The summed E-state index contributed by atoms with van der Waals surface area (Å²) in [4.78, 5) is 57.4. The van der Waals surface area contributed by atoms with Crippen molar-refractivity contribution in [3.8, 4) is 39.5 Å². The predicted molar refractivity (Wildman–Crippen MR) is 366 cm³/mol. The number of thiophene rings is 2. The van der Waals surface area contributed by atoms with Crippen molar-refractivity contribution in [2.75, 3.05) is 47.6 Å². The number of carbonyl (C=O) groups is 4. The van der Waals surface area contributed by atoms with E-state index in [9.17, 15) is 19.2 Å². The van der Waals surface area contributed by atoms with Crippen LogP contribution in [0.25, 0.3) is 22.3 Å². The maximum absolute atomic E-state index is 14.0. The molecule has 2 amide bonds. The number of nitrogens with zero attached hydrogens (tertiary/aromatic N) is 5. The molecule has 0 saturated carbocycles. The summed E-state index contributed by atoms with van der Waals surface area (Å²) < 4.78 is 30.8. The zero-order valence-corrected chi connectivity index (χ0v) is 55.5. The third-order valence-electron chi connectivity index (χ3n) is 17.8. The number of aromatic nitrogens is 4. The smallest absolute Gasteiger partial charge is 0.410 e. The SMILES string of the molecule is COc1ccc(C(=O)O)c(C)c1.COc1ccc(C(=O)n2nc(C3CCCN3C(=O)OCC3c4ccccc4-c4ccccc43)cc2CCc2ccc(Cl)s2)c(OC)c1.O=C(OCC1c2ccccc2-c2ccccc21)N1CCCC1c1cc(CCc2ccc(Cl)s2)[nH]n1. The second kappa shape index (κ2) is 29.4. The number of fused-ring (bicyclic) bond motifs is 6. The molecule has 0 radical (unpaired) electrons. The number of aromatic carboxylic acids is 1. The Morgan fingerprint density at radius 1 is 0.553 bits per heavy atom. The lowest BCUT2D eigenvalue weighted by molar-refractivity contribution is 0.0695. The summed E-state index contributed by atoms with van der Waals surface area (Å²) in [6.45, 7) is 3.57. The van der Waals surface area contributed by atoms with Gasteiger partial charge in [-0.1, -0.05) is 120 Å². The van der Waals surface area contributed by atoms with Gasteiger partial charge < -0.3 is 28.8 Å². The molecule has 0 bridgehead atoms. The number of amides is 2. The number of likely N-dealkylation sites (tertiary alicyclic amines) is 2. The van der Waals surface area contributed by atoms with Crippen LogP contribution < -0.4 is 14.2 Å². The van der Waals surface area contributed by atoms with Gasteiger partial charge in [0, 0.05) is 52.1 Å². The molecule has 0 spiro atoms. The van der Waals surface area contributed by atoms with Crippen LogP contribution in [0.2, 0.25) is 8.67 Å². The number of methoxy groups -OCH3 is 3. The zero-order valence-electron chi connectivity index (χ0n) is 52.4. The lowest BCUT2D eigenvalue weighted by Gasteiger charge is -2.24. The molecule has 2 fully saturated rings. The number of aromatic amines is 1. The highest BCUT2D eigenvalue weighted by atomic mass is 35.5. The fraction of sp³-hybridized carbons (Fsp3) is 0.270. The monoisotopic (exact) mass is 1340 g/mol. The molecule has 6 heterocycles. The van der Waals surface area contributed by atoms with E-state index in [0.717, 1.165) is 69.2 Å². The van der Waals surface area contributed by atoms with E-state index in [0.29, 0.717) is 72.2 Å². The molecule has 16 nitrogen and oxygen atoms in total. The number of hydrogen-bond acceptors (Lipinski definition) is 13. The molecule has 20 heteroatoms. The van der Waals surface area contributed by atoms with Gasteiger partial charge in [-0.05, 0) is 175 Å². The maximum Gasteiger partial charge on any atom is 0.410 e. The highest BCUT2D eigenvalue weighted by Crippen LogP contribution is 2.47. The van der Waals surface area contributed by atoms with Crippen molar-refractivity contribution in [2.24, 2.45) is 0 Å². The summed E-state index contributed by atoms with van der Waals surface area (Å²) in [7, 11) is 4.64. The van der Waals surface area contributed by atoms with Crippen molar-refractivity contribution in [1.29, 1.82) is 0 Å². The van der Waals surface area contributed by atoms with Crippen LogP contribution in [-0.4, -0.2) is 107 Å². The van der Waals surface area contributed by atoms with Gasteiger partial charge in [0.1, 0.15) is 30.5 Å². The standard InChI is InChI=1S/C37H34ClN3O5S.C28H26ClN3O2S.C9H10O3/c1-44-24-14-17-30(34(21-24)45-2)36(42)41-23(13-15-25-16-18-35(38)47-25)20-32(39-41)33-12-7-19-40(33)37(43)46-22-31-28-10-5-3-8-26(28)27-9-4-6-11-29(27)31;29-27-14-13-19(35-27)12-11-18-16-25(31-30-18)26-10-5-15-32(26)28(33)34-17-24-22-8-3-1-6-20(22)21-7-2-4-9-23(21)24;1-6-5-7(12-2)3-4-8(6)9(10)11/h3-6,8-11,14,16-18,20-21,31,33H,7,12-13,15,19,22H2,1-2H3;1-4,6-9,13-14,16,24,26H,5,10-12,15,17H2,(H,30,31);3-5H,1-2H3,(H,10,11). The second-order valence-corrected chi connectivity index (χ2v) is 27.0. The number of halogens is 2. The largest absolute Gasteiger partial charge is 0.497 e. The first-order chi connectivity index (χ1) is 45.8. The second-order valence-electron chi connectivity index (χ2n) is 23.4. The highest BCUT2D eigenvalue weighted by Gasteiger charge is 2.38. The number of ether oxygens (including phenoxy) is 5. The molecule has 94 heavy (non-hydrogen) atoms. The number of aryl methyl sites for hydroxylation is 5. The van der Waals surface area contributed by atoms with E-state index in [1.165, 1.54) is 78.6 Å². The van der Waals surface area contributed by atoms with Gasteiger partial charge in [0.25, 0.3) is 5.91 Å². The Labute approximate surface area is 563 Å². The van der Waals surface area contributed by atoms with Crippen molar-refractivity contribution in [3.63, 3.8) is 0 Å². The van der Waals surface area contributed by atoms with E-state index in [1.54, 1.807) is 67.7 Å². The topological polar surface area (TPSA) is 188 Å². The van der Waals surface area contributed by atoms with E-state index in [2.05, 4.69) is 95.1 Å². The fourth-order valence-electron chi connectivity index (χ4n) is 13.1. The van der Waals surface area contributed by atoms with Gasteiger partial charge in [-0.25, -0.2) is 19.1 Å². The Hall–Kier alpha value is -9.20. The van der Waals surface area contributed by atoms with Crippen molar-refractivity contribution < 1.29 is 48.0 Å². The Morgan fingerprint density at radius 3 is 1.50 bits per heavy atom. The average molecular weight is 1340 g/mol. The van der Waals surface area contributed by atoms with Crippen molar-refractivity contribution >= 4 is 69.9 Å². The van der Waals surface area contributed by atoms with Crippen LogP contribution in [0, 0.1) is 6.92 Å². The van der Waals surface area contributed by atoms with E-state index in [-0.39, 0.29) is 48.6 Å². The molecular weight excluding hydrogens is 1270 g/mol. The summed E-state index contributed by atoms with van der Waals surface area (Å²) in [5, 5.41) is 21.2. The third-order valence-corrected chi connectivity index (χ3v) is 20.4. The number of carboxylic acid groups (broad SMARTS) is 1. The van der Waals surface area contributed by atoms with Crippen LogP contribution in [-0.2, 0) is 35.2 Å². The summed E-state index contributed by atoms with van der Waals surface area (Å²) >= 11 is 15.4. The molecule has 482 valence electrons. The summed E-state index contributed by atoms with van der Waals surface area (Å²) in [5.41, 5.74) is 14.4. The molecule has 6 aromatic carbocycles. The van der Waals surface area contributed by atoms with Gasteiger partial charge >= 0.3 is 18.2 Å². The fourth-order valence-corrected chi connectivity index (χ4v) is 15.3. The Morgan fingerprint density at radius 2 is 1.03 bits per heavy atom. The van der Waals surface area contributed by atoms with Gasteiger partial charge in [-0.3, -0.25) is 19.7 Å². The first-order valence-corrected chi connectivity index (χ1v) is 33.7. The molecular formula is C74H70Cl2N6O10S2. The minimum Gasteiger partial charge on any atom is -0.497 e. The number of H-pyrrole nitrogens is 1. The molecule has 2 aliphatic heterocycles. The molecule has 4 aromatic heterocycles. The Balaban J connectivity index is 0.000000158. The van der Waals surface area contributed by atoms with Gasteiger partial charge in [0.2, 0.25) is 0 Å². The van der Waals surface area contributed by atoms with Crippen LogP contribution >= 0.6 is 45.9 Å². The number of rotatable bonds is 17. The minimum atomic E-state index is -0.907. The number of benzene rings is 6. The van der Waals surface area contributed by atoms with E-state index < -0.39 is 5.97 Å². The van der Waals surface area contributed by atoms with Crippen molar-refractivity contribution in [3.05, 3.63) is 250 Å². The Kier molecular flexibility index (Phi) is 20.3. The highest BCUT2D eigenvalue weighted by molar-refractivity contribution is 7.16. The number of carboxylic acids is 1. The van der Waals surface area contributed by atoms with Gasteiger partial charge in [-0.15, -0.1) is 22.7 Å².